The Balaban J connectivity index is 2.18. The third-order valence-corrected chi connectivity index (χ3v) is 2.79. The first-order valence-electron chi connectivity index (χ1n) is 6.48. The number of rotatable bonds is 5. The minimum atomic E-state index is -0.614. The van der Waals surface area contributed by atoms with E-state index in [1.807, 2.05) is 0 Å². The van der Waals surface area contributed by atoms with Crippen molar-refractivity contribution in [3.05, 3.63) is 59.7 Å². The molecule has 2 amide bonds. The van der Waals surface area contributed by atoms with Crippen LogP contribution in [0.1, 0.15) is 15.9 Å². The smallest absolute Gasteiger partial charge is 0.259 e. The van der Waals surface area contributed by atoms with Gasteiger partial charge in [-0.05, 0) is 30.3 Å². The third kappa shape index (κ3) is 3.87. The highest BCUT2D eigenvalue weighted by Gasteiger charge is 2.13. The summed E-state index contributed by atoms with van der Waals surface area (Å²) in [5.74, 6) is 1.80. The van der Waals surface area contributed by atoms with Gasteiger partial charge in [-0.25, -0.2) is 0 Å². The van der Waals surface area contributed by atoms with Crippen LogP contribution in [0, 0.1) is 12.3 Å². The Labute approximate surface area is 128 Å². The third-order valence-electron chi connectivity index (χ3n) is 2.79. The topological polar surface area (TPSA) is 81.4 Å². The molecule has 0 spiro atoms. The van der Waals surface area contributed by atoms with Crippen LogP contribution < -0.4 is 15.8 Å². The number of ether oxygens (including phenoxy) is 1. The van der Waals surface area contributed by atoms with Gasteiger partial charge in [-0.1, -0.05) is 24.1 Å². The summed E-state index contributed by atoms with van der Waals surface area (Å²) in [6.07, 6.45) is 5.33. The van der Waals surface area contributed by atoms with Gasteiger partial charge in [-0.15, -0.1) is 6.42 Å². The summed E-state index contributed by atoms with van der Waals surface area (Å²) in [7, 11) is 0. The maximum atomic E-state index is 12.3. The molecule has 0 unspecified atom stereocenters. The second-order valence-electron chi connectivity index (χ2n) is 4.43. The fourth-order valence-electron chi connectivity index (χ4n) is 1.81. The number of nitrogens with one attached hydrogen (secondary N) is 1. The number of nitrogens with two attached hydrogens (primary N) is 1. The van der Waals surface area contributed by atoms with Crippen LogP contribution in [-0.2, 0) is 4.79 Å². The summed E-state index contributed by atoms with van der Waals surface area (Å²) in [5.41, 5.74) is 6.58. The van der Waals surface area contributed by atoms with E-state index in [0.29, 0.717) is 16.8 Å². The summed E-state index contributed by atoms with van der Waals surface area (Å²) in [6.45, 7) is -0.295. The number of anilines is 1. The SMILES string of the molecule is C#Cc1cccc(NC(=O)c2ccccc2OCC(N)=O)c1. The molecule has 0 saturated heterocycles. The Morgan fingerprint density at radius 3 is 2.68 bits per heavy atom. The Morgan fingerprint density at radius 2 is 1.95 bits per heavy atom. The molecule has 5 nitrogen and oxygen atoms in total. The van der Waals surface area contributed by atoms with Gasteiger partial charge in [-0.3, -0.25) is 9.59 Å². The van der Waals surface area contributed by atoms with Crippen molar-refractivity contribution in [1.82, 2.24) is 0 Å². The summed E-state index contributed by atoms with van der Waals surface area (Å²) in [5, 5.41) is 2.73. The quantitative estimate of drug-likeness (QED) is 0.825. The van der Waals surface area contributed by atoms with Crippen LogP contribution in [-0.4, -0.2) is 18.4 Å². The Morgan fingerprint density at radius 1 is 1.18 bits per heavy atom. The summed E-state index contributed by atoms with van der Waals surface area (Å²) >= 11 is 0. The highest BCUT2D eigenvalue weighted by atomic mass is 16.5. The summed E-state index contributed by atoms with van der Waals surface area (Å²) in [6, 6.07) is 13.5. The predicted octanol–water partition coefficient (Wildman–Crippen LogP) is 1.78. The van der Waals surface area contributed by atoms with Gasteiger partial charge < -0.3 is 15.8 Å². The first kappa shape index (κ1) is 15.1. The number of terminal acetylenes is 1. The molecule has 0 atom stereocenters. The van der Waals surface area contributed by atoms with Crippen molar-refractivity contribution in [3.8, 4) is 18.1 Å². The number of hydrogen-bond donors (Lipinski definition) is 2. The van der Waals surface area contributed by atoms with Gasteiger partial charge in [0.2, 0.25) is 0 Å². The average molecular weight is 294 g/mol. The van der Waals surface area contributed by atoms with E-state index in [2.05, 4.69) is 11.2 Å². The molecular weight excluding hydrogens is 280 g/mol. The number of para-hydroxylation sites is 1. The Bertz CT molecular complexity index is 748. The zero-order valence-corrected chi connectivity index (χ0v) is 11.7. The van der Waals surface area contributed by atoms with Gasteiger partial charge in [-0.2, -0.15) is 0 Å². The van der Waals surface area contributed by atoms with Crippen molar-refractivity contribution in [2.45, 2.75) is 0 Å². The molecular formula is C17H14N2O3. The van der Waals surface area contributed by atoms with E-state index in [0.717, 1.165) is 0 Å². The van der Waals surface area contributed by atoms with Crippen molar-refractivity contribution in [3.63, 3.8) is 0 Å². The van der Waals surface area contributed by atoms with Gasteiger partial charge in [0.25, 0.3) is 11.8 Å². The van der Waals surface area contributed by atoms with Crippen molar-refractivity contribution in [2.75, 3.05) is 11.9 Å². The largest absolute Gasteiger partial charge is 0.483 e. The standard InChI is InChI=1S/C17H14N2O3/c1-2-12-6-5-7-13(10-12)19-17(21)14-8-3-4-9-15(14)22-11-16(18)20/h1,3-10H,11H2,(H2,18,20)(H,19,21). The molecule has 0 aromatic heterocycles. The van der Waals surface area contributed by atoms with Crippen molar-refractivity contribution in [1.29, 1.82) is 0 Å². The molecule has 2 aromatic rings. The predicted molar refractivity (Wildman–Crippen MR) is 83.5 cm³/mol. The number of amides is 2. The monoisotopic (exact) mass is 294 g/mol. The average Bonchev–Trinajstić information content (AvgIpc) is 2.53. The number of carbonyl (C=O) groups excluding carboxylic acids is 2. The molecule has 0 aliphatic rings. The van der Waals surface area contributed by atoms with E-state index < -0.39 is 5.91 Å². The molecule has 0 bridgehead atoms. The molecule has 0 aliphatic heterocycles. The lowest BCUT2D eigenvalue weighted by Crippen LogP contribution is -2.21. The van der Waals surface area contributed by atoms with Gasteiger partial charge in [0, 0.05) is 11.3 Å². The van der Waals surface area contributed by atoms with Crippen LogP contribution in [0.3, 0.4) is 0 Å². The molecule has 0 aliphatic carbocycles. The van der Waals surface area contributed by atoms with E-state index in [-0.39, 0.29) is 18.3 Å². The number of benzene rings is 2. The van der Waals surface area contributed by atoms with Gasteiger partial charge >= 0.3 is 0 Å². The molecule has 110 valence electrons. The number of hydrogen-bond acceptors (Lipinski definition) is 3. The number of carbonyl (C=O) groups is 2. The molecule has 22 heavy (non-hydrogen) atoms. The molecule has 0 heterocycles. The maximum Gasteiger partial charge on any atom is 0.259 e. The van der Waals surface area contributed by atoms with E-state index >= 15 is 0 Å². The van der Waals surface area contributed by atoms with Crippen LogP contribution in [0.25, 0.3) is 0 Å². The molecule has 0 fully saturated rings. The normalized spacial score (nSPS) is 9.59. The highest BCUT2D eigenvalue weighted by Crippen LogP contribution is 2.20. The van der Waals surface area contributed by atoms with Crippen LogP contribution in [0.5, 0.6) is 5.75 Å². The van der Waals surface area contributed by atoms with Gasteiger partial charge in [0.05, 0.1) is 5.56 Å². The Hall–Kier alpha value is -3.26. The van der Waals surface area contributed by atoms with E-state index in [4.69, 9.17) is 16.9 Å². The maximum absolute atomic E-state index is 12.3. The fraction of sp³-hybridized carbons (Fsp3) is 0.0588. The van der Waals surface area contributed by atoms with E-state index in [9.17, 15) is 9.59 Å². The van der Waals surface area contributed by atoms with Gasteiger partial charge in [0.15, 0.2) is 6.61 Å². The first-order valence-corrected chi connectivity index (χ1v) is 6.48. The van der Waals surface area contributed by atoms with Gasteiger partial charge in [0.1, 0.15) is 5.75 Å². The lowest BCUT2D eigenvalue weighted by molar-refractivity contribution is -0.119. The lowest BCUT2D eigenvalue weighted by atomic mass is 10.1. The lowest BCUT2D eigenvalue weighted by Gasteiger charge is -2.10. The highest BCUT2D eigenvalue weighted by molar-refractivity contribution is 6.06. The van der Waals surface area contributed by atoms with Crippen LogP contribution in [0.2, 0.25) is 0 Å². The second kappa shape index (κ2) is 6.95. The van der Waals surface area contributed by atoms with Crippen LogP contribution >= 0.6 is 0 Å². The second-order valence-corrected chi connectivity index (χ2v) is 4.43. The summed E-state index contributed by atoms with van der Waals surface area (Å²) < 4.78 is 5.23. The van der Waals surface area contributed by atoms with Crippen molar-refractivity contribution < 1.29 is 14.3 Å². The van der Waals surface area contributed by atoms with E-state index in [1.165, 1.54) is 0 Å². The molecule has 3 N–H and O–H groups in total. The molecule has 2 aromatic carbocycles. The zero-order chi connectivity index (χ0) is 15.9. The number of primary amides is 1. The summed E-state index contributed by atoms with van der Waals surface area (Å²) in [4.78, 5) is 23.1. The van der Waals surface area contributed by atoms with Crippen molar-refractivity contribution in [2.24, 2.45) is 5.73 Å². The molecule has 0 saturated carbocycles. The molecule has 2 rings (SSSR count). The van der Waals surface area contributed by atoms with Crippen LogP contribution in [0.15, 0.2) is 48.5 Å². The first-order chi connectivity index (χ1) is 10.6. The molecule has 5 heteroatoms. The minimum Gasteiger partial charge on any atom is -0.483 e. The zero-order valence-electron chi connectivity index (χ0n) is 11.7. The Kier molecular flexibility index (Phi) is 4.78. The van der Waals surface area contributed by atoms with Crippen LogP contribution in [0.4, 0.5) is 5.69 Å². The van der Waals surface area contributed by atoms with Crippen molar-refractivity contribution >= 4 is 17.5 Å². The fourth-order valence-corrected chi connectivity index (χ4v) is 1.81. The minimum absolute atomic E-state index is 0.284. The van der Waals surface area contributed by atoms with E-state index in [1.54, 1.807) is 48.5 Å². The molecule has 0 radical (unpaired) electrons.